The molecule has 2 aromatic rings. The zero-order valence-electron chi connectivity index (χ0n) is 10.9. The van der Waals surface area contributed by atoms with Crippen molar-refractivity contribution < 1.29 is 18.3 Å². The van der Waals surface area contributed by atoms with Crippen molar-refractivity contribution in [1.29, 1.82) is 0 Å². The maximum absolute atomic E-state index is 12.1. The lowest BCUT2D eigenvalue weighted by molar-refractivity contribution is -0.0498. The summed E-state index contributed by atoms with van der Waals surface area (Å²) in [5.74, 6) is -0.481. The molecule has 0 aliphatic heterocycles. The van der Waals surface area contributed by atoms with Crippen LogP contribution in [0.1, 0.15) is 21.7 Å². The lowest BCUT2D eigenvalue weighted by Crippen LogP contribution is -2.13. The van der Waals surface area contributed by atoms with E-state index in [4.69, 9.17) is 0 Å². The van der Waals surface area contributed by atoms with Crippen LogP contribution in [-0.4, -0.2) is 22.7 Å². The average molecular weight is 281 g/mol. The third-order valence-electron chi connectivity index (χ3n) is 2.69. The Hall–Kier alpha value is -2.44. The number of rotatable bonds is 4. The van der Waals surface area contributed by atoms with Gasteiger partial charge in [0, 0.05) is 5.56 Å². The number of nitrogens with zero attached hydrogens (tertiary/aromatic N) is 1. The highest BCUT2D eigenvalue weighted by atomic mass is 19.3. The quantitative estimate of drug-likeness (QED) is 0.905. The zero-order chi connectivity index (χ0) is 14.7. The topological polar surface area (TPSA) is 67.0 Å². The number of aromatic nitrogens is 2. The van der Waals surface area contributed by atoms with E-state index in [2.05, 4.69) is 20.3 Å². The predicted octanol–water partition coefficient (Wildman–Crippen LogP) is 2.88. The molecule has 7 heteroatoms. The Balaban J connectivity index is 2.17. The fraction of sp³-hybridized carbons (Fsp3) is 0.231. The monoisotopic (exact) mass is 281 g/mol. The van der Waals surface area contributed by atoms with E-state index in [1.165, 1.54) is 24.3 Å². The smallest absolute Gasteiger partial charge is 0.387 e. The van der Waals surface area contributed by atoms with Gasteiger partial charge in [0.25, 0.3) is 5.91 Å². The van der Waals surface area contributed by atoms with Crippen molar-refractivity contribution in [2.75, 3.05) is 5.32 Å². The second-order valence-corrected chi connectivity index (χ2v) is 4.17. The number of nitrogens with one attached hydrogen (secondary N) is 2. The number of aromatic amines is 1. The molecule has 20 heavy (non-hydrogen) atoms. The van der Waals surface area contributed by atoms with Crippen molar-refractivity contribution in [3.63, 3.8) is 0 Å². The molecule has 0 spiro atoms. The van der Waals surface area contributed by atoms with E-state index < -0.39 is 12.5 Å². The lowest BCUT2D eigenvalue weighted by atomic mass is 10.2. The highest BCUT2D eigenvalue weighted by Gasteiger charge is 2.13. The number of aryl methyl sites for hydroxylation is 2. The Morgan fingerprint density at radius 2 is 2.15 bits per heavy atom. The number of hydrogen-bond donors (Lipinski definition) is 2. The number of hydrogen-bond acceptors (Lipinski definition) is 3. The van der Waals surface area contributed by atoms with Crippen molar-refractivity contribution in [2.45, 2.75) is 20.5 Å². The molecule has 2 N–H and O–H groups in total. The van der Waals surface area contributed by atoms with Crippen LogP contribution in [0.2, 0.25) is 0 Å². The van der Waals surface area contributed by atoms with Gasteiger partial charge in [-0.05, 0) is 32.0 Å². The molecule has 0 aliphatic rings. The molecular formula is C13H13F2N3O2. The Morgan fingerprint density at radius 1 is 1.40 bits per heavy atom. The first kappa shape index (κ1) is 14.0. The number of carbonyl (C=O) groups excluding carboxylic acids is 1. The molecule has 0 radical (unpaired) electrons. The van der Waals surface area contributed by atoms with Crippen molar-refractivity contribution in [3.8, 4) is 5.75 Å². The molecule has 5 nitrogen and oxygen atoms in total. The normalized spacial score (nSPS) is 10.7. The van der Waals surface area contributed by atoms with Crippen LogP contribution in [0.5, 0.6) is 5.75 Å². The first-order valence-corrected chi connectivity index (χ1v) is 5.85. The number of H-pyrrole nitrogens is 1. The minimum atomic E-state index is -2.92. The largest absolute Gasteiger partial charge is 0.435 e. The lowest BCUT2D eigenvalue weighted by Gasteiger charge is -2.08. The number of amides is 1. The minimum absolute atomic E-state index is 0.0618. The Bertz CT molecular complexity index is 606. The van der Waals surface area contributed by atoms with Gasteiger partial charge in [0.1, 0.15) is 5.75 Å². The van der Waals surface area contributed by atoms with Gasteiger partial charge < -0.3 is 10.1 Å². The van der Waals surface area contributed by atoms with Crippen LogP contribution in [0, 0.1) is 13.8 Å². The number of anilines is 1. The highest BCUT2D eigenvalue weighted by molar-refractivity contribution is 6.05. The summed E-state index contributed by atoms with van der Waals surface area (Å²) in [6, 6.07) is 5.60. The Labute approximate surface area is 114 Å². The van der Waals surface area contributed by atoms with Crippen molar-refractivity contribution in [3.05, 3.63) is 41.2 Å². The maximum Gasteiger partial charge on any atom is 0.387 e. The van der Waals surface area contributed by atoms with Crippen molar-refractivity contribution >= 4 is 11.6 Å². The minimum Gasteiger partial charge on any atom is -0.435 e. The van der Waals surface area contributed by atoms with Gasteiger partial charge in [-0.1, -0.05) is 6.07 Å². The SMILES string of the molecule is Cc1n[nH]c(C)c1NC(=O)c1cccc(OC(F)F)c1. The molecular weight excluding hydrogens is 268 g/mol. The van der Waals surface area contributed by atoms with E-state index in [0.717, 1.165) is 5.69 Å². The van der Waals surface area contributed by atoms with E-state index in [1.807, 2.05) is 0 Å². The standard InChI is InChI=1S/C13H13F2N3O2/c1-7-11(8(2)18-17-7)16-12(19)9-4-3-5-10(6-9)20-13(14)15/h3-6,13H,1-2H3,(H,16,19)(H,17,18). The summed E-state index contributed by atoms with van der Waals surface area (Å²) < 4.78 is 28.5. The van der Waals surface area contributed by atoms with Gasteiger partial charge in [0.05, 0.1) is 17.1 Å². The second-order valence-electron chi connectivity index (χ2n) is 4.17. The van der Waals surface area contributed by atoms with Crippen molar-refractivity contribution in [2.24, 2.45) is 0 Å². The average Bonchev–Trinajstić information content (AvgIpc) is 2.70. The van der Waals surface area contributed by atoms with E-state index in [0.29, 0.717) is 11.4 Å². The van der Waals surface area contributed by atoms with Gasteiger partial charge >= 0.3 is 6.61 Å². The first-order chi connectivity index (χ1) is 9.47. The van der Waals surface area contributed by atoms with E-state index in [-0.39, 0.29) is 11.3 Å². The number of halogens is 2. The third-order valence-corrected chi connectivity index (χ3v) is 2.69. The van der Waals surface area contributed by atoms with Crippen LogP contribution < -0.4 is 10.1 Å². The third kappa shape index (κ3) is 3.11. The van der Waals surface area contributed by atoms with Gasteiger partial charge in [-0.15, -0.1) is 0 Å². The number of alkyl halides is 2. The Morgan fingerprint density at radius 3 is 2.75 bits per heavy atom. The summed E-state index contributed by atoms with van der Waals surface area (Å²) in [6.07, 6.45) is 0. The summed E-state index contributed by atoms with van der Waals surface area (Å²) in [4.78, 5) is 12.1. The zero-order valence-corrected chi connectivity index (χ0v) is 10.9. The van der Waals surface area contributed by atoms with E-state index >= 15 is 0 Å². The Kier molecular flexibility index (Phi) is 3.97. The van der Waals surface area contributed by atoms with Gasteiger partial charge in [-0.25, -0.2) is 0 Å². The molecule has 1 aromatic heterocycles. The van der Waals surface area contributed by atoms with Gasteiger partial charge in [-0.2, -0.15) is 13.9 Å². The van der Waals surface area contributed by atoms with Crippen LogP contribution in [0.3, 0.4) is 0 Å². The molecule has 106 valence electrons. The predicted molar refractivity (Wildman–Crippen MR) is 69.1 cm³/mol. The fourth-order valence-electron chi connectivity index (χ4n) is 1.73. The van der Waals surface area contributed by atoms with Gasteiger partial charge in [0.2, 0.25) is 0 Å². The van der Waals surface area contributed by atoms with E-state index in [9.17, 15) is 13.6 Å². The molecule has 0 saturated heterocycles. The van der Waals surface area contributed by atoms with Gasteiger partial charge in [0.15, 0.2) is 0 Å². The molecule has 1 amide bonds. The van der Waals surface area contributed by atoms with Crippen LogP contribution in [0.25, 0.3) is 0 Å². The fourth-order valence-corrected chi connectivity index (χ4v) is 1.73. The van der Waals surface area contributed by atoms with E-state index in [1.54, 1.807) is 13.8 Å². The molecule has 2 rings (SSSR count). The number of ether oxygens (including phenoxy) is 1. The molecule has 1 aromatic carbocycles. The highest BCUT2D eigenvalue weighted by Crippen LogP contribution is 2.20. The summed E-state index contributed by atoms with van der Waals surface area (Å²) in [6.45, 7) is 0.591. The van der Waals surface area contributed by atoms with Crippen LogP contribution in [-0.2, 0) is 0 Å². The summed E-state index contributed by atoms with van der Waals surface area (Å²) in [7, 11) is 0. The molecule has 0 saturated carbocycles. The maximum atomic E-state index is 12.1. The summed E-state index contributed by atoms with van der Waals surface area (Å²) >= 11 is 0. The van der Waals surface area contributed by atoms with Gasteiger partial charge in [-0.3, -0.25) is 9.89 Å². The van der Waals surface area contributed by atoms with Crippen molar-refractivity contribution in [1.82, 2.24) is 10.2 Å². The number of benzene rings is 1. The number of carbonyl (C=O) groups is 1. The molecule has 0 bridgehead atoms. The first-order valence-electron chi connectivity index (χ1n) is 5.85. The summed E-state index contributed by atoms with van der Waals surface area (Å²) in [5, 5.41) is 9.38. The molecule has 1 heterocycles. The van der Waals surface area contributed by atoms with Crippen LogP contribution >= 0.6 is 0 Å². The molecule has 0 aliphatic carbocycles. The molecule has 0 atom stereocenters. The molecule has 0 fully saturated rings. The summed E-state index contributed by atoms with van der Waals surface area (Å²) in [5.41, 5.74) is 2.17. The second kappa shape index (κ2) is 5.68. The molecule has 0 unspecified atom stereocenters. The van der Waals surface area contributed by atoms with Crippen LogP contribution in [0.15, 0.2) is 24.3 Å². The van der Waals surface area contributed by atoms with Crippen LogP contribution in [0.4, 0.5) is 14.5 Å².